The van der Waals surface area contributed by atoms with E-state index in [1.54, 1.807) is 6.92 Å². The summed E-state index contributed by atoms with van der Waals surface area (Å²) in [7, 11) is -3.74. The minimum atomic E-state index is -4.56. The number of ether oxygens (including phenoxy) is 1. The molecule has 3 rings (SSSR count). The van der Waals surface area contributed by atoms with E-state index in [9.17, 15) is 40.3 Å². The van der Waals surface area contributed by atoms with E-state index in [2.05, 4.69) is 20.1 Å². The molecule has 1 aliphatic rings. The zero-order valence-corrected chi connectivity index (χ0v) is 23.9. The maximum Gasteiger partial charge on any atom is 0.394 e. The molecule has 0 saturated heterocycles. The number of alkyl halides is 5. The molecule has 0 spiro atoms. The van der Waals surface area contributed by atoms with Gasteiger partial charge in [-0.2, -0.15) is 27.1 Å². The van der Waals surface area contributed by atoms with E-state index in [1.165, 1.54) is 11.6 Å². The average Bonchev–Trinajstić information content (AvgIpc) is 3.17. The number of sulfonamides is 1. The van der Waals surface area contributed by atoms with Crippen LogP contribution in [-0.2, 0) is 23.0 Å². The molecule has 1 amide bonds. The van der Waals surface area contributed by atoms with Crippen molar-refractivity contribution in [3.05, 3.63) is 29.2 Å². The highest BCUT2D eigenvalue weighted by molar-refractivity contribution is 7.89. The lowest BCUT2D eigenvalue weighted by molar-refractivity contribution is -0.211. The van der Waals surface area contributed by atoms with Crippen LogP contribution in [0.5, 0.6) is 5.75 Å². The summed E-state index contributed by atoms with van der Waals surface area (Å²) in [5.74, 6) is -1.10. The van der Waals surface area contributed by atoms with Crippen LogP contribution in [0.1, 0.15) is 68.2 Å². The minimum absolute atomic E-state index is 0.00436. The van der Waals surface area contributed by atoms with E-state index >= 15 is 0 Å². The number of rotatable bonds is 10. The van der Waals surface area contributed by atoms with Gasteiger partial charge >= 0.3 is 12.8 Å². The van der Waals surface area contributed by atoms with Crippen molar-refractivity contribution in [3.63, 3.8) is 0 Å². The number of aromatic nitrogens is 3. The van der Waals surface area contributed by atoms with Gasteiger partial charge in [-0.1, -0.05) is 13.8 Å². The van der Waals surface area contributed by atoms with Gasteiger partial charge in [0.05, 0.1) is 27.5 Å². The number of carbonyl (C=O) groups excluding carboxylic acids is 1. The topological polar surface area (TPSA) is 149 Å². The molecule has 0 bridgehead atoms. The van der Waals surface area contributed by atoms with Gasteiger partial charge in [0.1, 0.15) is 5.75 Å². The van der Waals surface area contributed by atoms with Crippen LogP contribution in [0.2, 0.25) is 0 Å². The van der Waals surface area contributed by atoms with Crippen LogP contribution in [0.4, 0.5) is 22.0 Å². The van der Waals surface area contributed by atoms with Gasteiger partial charge in [-0.15, -0.1) is 0 Å². The van der Waals surface area contributed by atoms with Crippen LogP contribution in [0.25, 0.3) is 11.3 Å². The average molecular weight is 612 g/mol. The normalized spacial score (nSPS) is 20.3. The summed E-state index contributed by atoms with van der Waals surface area (Å²) >= 11 is 0. The third kappa shape index (κ3) is 7.52. The van der Waals surface area contributed by atoms with Crippen molar-refractivity contribution in [3.8, 4) is 17.0 Å². The second kappa shape index (κ2) is 11.8. The molecule has 10 nitrogen and oxygen atoms in total. The number of amides is 1. The maximum absolute atomic E-state index is 13.4. The van der Waals surface area contributed by atoms with Crippen molar-refractivity contribution < 1.29 is 45.0 Å². The molecule has 1 saturated carbocycles. The van der Waals surface area contributed by atoms with E-state index < -0.39 is 57.2 Å². The summed E-state index contributed by atoms with van der Waals surface area (Å²) in [5, 5.41) is 22.1. The van der Waals surface area contributed by atoms with E-state index in [0.29, 0.717) is 0 Å². The second-order valence-electron chi connectivity index (χ2n) is 10.9. The fourth-order valence-corrected chi connectivity index (χ4v) is 5.69. The Hall–Kier alpha value is -2.85. The van der Waals surface area contributed by atoms with Crippen LogP contribution in [0, 0.1) is 12.3 Å². The first-order chi connectivity index (χ1) is 18.8. The van der Waals surface area contributed by atoms with Gasteiger partial charge in [-0.25, -0.2) is 13.6 Å². The Balaban J connectivity index is 1.89. The minimum Gasteiger partial charge on any atom is -0.434 e. The molecule has 2 heterocycles. The van der Waals surface area contributed by atoms with Crippen LogP contribution < -0.4 is 15.2 Å². The number of nitrogens with two attached hydrogens (primary N) is 1. The predicted octanol–water partition coefficient (Wildman–Crippen LogP) is 3.70. The zero-order valence-electron chi connectivity index (χ0n) is 23.1. The lowest BCUT2D eigenvalue weighted by Gasteiger charge is -2.35. The van der Waals surface area contributed by atoms with Crippen LogP contribution in [0.15, 0.2) is 12.3 Å². The number of pyridine rings is 1. The standard InChI is InChI=1S/C25H34F5N5O5S/c1-5-35-20(17-12-32-15(10-18(17)40-22(26)27)11-23(3,4)25(28,29)30)14(2)19(34-35)21(36)33-13-24(37)8-6-16(7-9-24)41(31,38)39/h10,12,16,22,37H,5-9,11,13H2,1-4H3,(H,33,36)(H2,31,38,39). The number of aryl methyl sites for hydroxylation is 1. The summed E-state index contributed by atoms with van der Waals surface area (Å²) in [6, 6.07) is 1.02. The summed E-state index contributed by atoms with van der Waals surface area (Å²) < 4.78 is 96.0. The van der Waals surface area contributed by atoms with Crippen molar-refractivity contribution in [2.24, 2.45) is 10.6 Å². The summed E-state index contributed by atoms with van der Waals surface area (Å²) in [6.07, 6.45) is -3.57. The lowest BCUT2D eigenvalue weighted by Crippen LogP contribution is -2.48. The summed E-state index contributed by atoms with van der Waals surface area (Å²) in [5.41, 5.74) is -3.26. The number of halogens is 5. The largest absolute Gasteiger partial charge is 0.434 e. The monoisotopic (exact) mass is 611 g/mol. The molecule has 16 heteroatoms. The Kier molecular flexibility index (Phi) is 9.40. The Morgan fingerprint density at radius 1 is 1.29 bits per heavy atom. The van der Waals surface area contributed by atoms with Gasteiger partial charge in [0.25, 0.3) is 5.91 Å². The molecule has 1 aliphatic carbocycles. The molecule has 0 atom stereocenters. The van der Waals surface area contributed by atoms with E-state index in [4.69, 9.17) is 5.14 Å². The molecule has 2 aromatic heterocycles. The first kappa shape index (κ1) is 32.7. The van der Waals surface area contributed by atoms with E-state index in [1.807, 2.05) is 0 Å². The molecule has 0 aliphatic heterocycles. The van der Waals surface area contributed by atoms with Gasteiger partial charge < -0.3 is 15.2 Å². The SMILES string of the molecule is CCn1nc(C(=O)NCC2(O)CCC(S(N)(=O)=O)CC2)c(C)c1-c1cnc(CC(C)(C)C(F)(F)F)cc1OC(F)F. The van der Waals surface area contributed by atoms with Gasteiger partial charge in [0, 0.05) is 43.0 Å². The first-order valence-electron chi connectivity index (χ1n) is 12.9. The molecule has 0 radical (unpaired) electrons. The van der Waals surface area contributed by atoms with Crippen molar-refractivity contribution in [1.82, 2.24) is 20.1 Å². The maximum atomic E-state index is 13.4. The molecule has 230 valence electrons. The van der Waals surface area contributed by atoms with Crippen LogP contribution in [0.3, 0.4) is 0 Å². The van der Waals surface area contributed by atoms with Crippen molar-refractivity contribution in [2.75, 3.05) is 6.54 Å². The molecule has 0 aromatic carbocycles. The number of nitrogens with zero attached hydrogens (tertiary/aromatic N) is 3. The van der Waals surface area contributed by atoms with Gasteiger partial charge in [0.2, 0.25) is 10.0 Å². The highest BCUT2D eigenvalue weighted by Gasteiger charge is 2.47. The lowest BCUT2D eigenvalue weighted by atomic mass is 9.84. The van der Waals surface area contributed by atoms with Gasteiger partial charge in [0.15, 0.2) is 5.69 Å². The second-order valence-corrected chi connectivity index (χ2v) is 12.8. The fourth-order valence-electron chi connectivity index (χ4n) is 4.80. The van der Waals surface area contributed by atoms with E-state index in [0.717, 1.165) is 26.1 Å². The van der Waals surface area contributed by atoms with Crippen LogP contribution >= 0.6 is 0 Å². The molecule has 2 aromatic rings. The molecule has 0 unspecified atom stereocenters. The number of hydrogen-bond acceptors (Lipinski definition) is 7. The fraction of sp³-hybridized carbons (Fsp3) is 0.640. The molecule has 1 fully saturated rings. The molecular formula is C25H34F5N5O5S. The predicted molar refractivity (Wildman–Crippen MR) is 139 cm³/mol. The Morgan fingerprint density at radius 3 is 2.41 bits per heavy atom. The Labute approximate surface area is 234 Å². The first-order valence-corrected chi connectivity index (χ1v) is 14.5. The van der Waals surface area contributed by atoms with Crippen LogP contribution in [-0.4, -0.2) is 64.4 Å². The van der Waals surface area contributed by atoms with E-state index in [-0.39, 0.29) is 67.0 Å². The third-order valence-corrected chi connectivity index (χ3v) is 8.79. The zero-order chi connectivity index (χ0) is 31.0. The number of carbonyl (C=O) groups is 1. The van der Waals surface area contributed by atoms with Crippen molar-refractivity contribution in [2.45, 2.75) is 90.0 Å². The highest BCUT2D eigenvalue weighted by atomic mass is 32.2. The third-order valence-electron chi connectivity index (χ3n) is 7.39. The quantitative estimate of drug-likeness (QED) is 0.347. The number of aliphatic hydroxyl groups is 1. The summed E-state index contributed by atoms with van der Waals surface area (Å²) in [6.45, 7) is 1.86. The summed E-state index contributed by atoms with van der Waals surface area (Å²) in [4.78, 5) is 17.1. The van der Waals surface area contributed by atoms with Gasteiger partial charge in [-0.05, 0) is 39.5 Å². The molecule has 41 heavy (non-hydrogen) atoms. The van der Waals surface area contributed by atoms with Crippen molar-refractivity contribution >= 4 is 15.9 Å². The molecule has 4 N–H and O–H groups in total. The Morgan fingerprint density at radius 2 is 1.90 bits per heavy atom. The van der Waals surface area contributed by atoms with Gasteiger partial charge in [-0.3, -0.25) is 14.5 Å². The highest BCUT2D eigenvalue weighted by Crippen LogP contribution is 2.41. The smallest absolute Gasteiger partial charge is 0.394 e. The number of hydrogen-bond donors (Lipinski definition) is 3. The number of nitrogens with one attached hydrogen (secondary N) is 1. The van der Waals surface area contributed by atoms with Crippen molar-refractivity contribution in [1.29, 1.82) is 0 Å². The Bertz CT molecular complexity index is 1370. The molecular weight excluding hydrogens is 577 g/mol. The number of primary sulfonamides is 1.